The summed E-state index contributed by atoms with van der Waals surface area (Å²) in [5, 5.41) is 5.23. The Morgan fingerprint density at radius 3 is 2.81 bits per heavy atom. The molecule has 2 heterocycles. The average Bonchev–Trinajstić information content (AvgIpc) is 2.98. The van der Waals surface area contributed by atoms with E-state index in [1.165, 1.54) is 0 Å². The summed E-state index contributed by atoms with van der Waals surface area (Å²) in [5.41, 5.74) is 3.70. The number of rotatable bonds is 4. The summed E-state index contributed by atoms with van der Waals surface area (Å²) in [6.45, 7) is 0.451. The molecule has 0 radical (unpaired) electrons. The number of nitrogens with zero attached hydrogens (tertiary/aromatic N) is 2. The lowest BCUT2D eigenvalue weighted by atomic mass is 10.1. The minimum Gasteiger partial charge on any atom is -0.497 e. The fourth-order valence-electron chi connectivity index (χ4n) is 3.26. The number of carbonyl (C=O) groups excluding carboxylic acids is 1. The molecule has 0 aliphatic rings. The number of aryl methyl sites for hydroxylation is 1. The van der Waals surface area contributed by atoms with Gasteiger partial charge < -0.3 is 14.6 Å². The molecule has 0 bridgehead atoms. The maximum absolute atomic E-state index is 12.6. The van der Waals surface area contributed by atoms with E-state index < -0.39 is 0 Å². The second-order valence-corrected chi connectivity index (χ2v) is 6.22. The van der Waals surface area contributed by atoms with Gasteiger partial charge in [-0.05, 0) is 35.9 Å². The zero-order valence-corrected chi connectivity index (χ0v) is 14.7. The van der Waals surface area contributed by atoms with Crippen LogP contribution in [0.25, 0.3) is 21.8 Å². The van der Waals surface area contributed by atoms with Gasteiger partial charge in [0, 0.05) is 41.6 Å². The molecule has 2 aromatic carbocycles. The van der Waals surface area contributed by atoms with Crippen molar-refractivity contribution in [3.63, 3.8) is 0 Å². The number of fused-ring (bicyclic) bond motifs is 3. The highest BCUT2D eigenvalue weighted by Gasteiger charge is 2.12. The van der Waals surface area contributed by atoms with Gasteiger partial charge in [0.1, 0.15) is 5.75 Å². The molecule has 0 aliphatic carbocycles. The van der Waals surface area contributed by atoms with Crippen molar-refractivity contribution in [2.45, 2.75) is 6.54 Å². The van der Waals surface area contributed by atoms with Crippen LogP contribution in [0.2, 0.25) is 0 Å². The Hall–Kier alpha value is -3.34. The maximum atomic E-state index is 12.6. The van der Waals surface area contributed by atoms with Crippen LogP contribution in [0.15, 0.2) is 60.9 Å². The number of carbonyl (C=O) groups is 1. The molecule has 5 heteroatoms. The fourth-order valence-corrected chi connectivity index (χ4v) is 3.26. The third-order valence-corrected chi connectivity index (χ3v) is 4.66. The Balaban J connectivity index is 1.60. The third-order valence-electron chi connectivity index (χ3n) is 4.66. The Labute approximate surface area is 151 Å². The summed E-state index contributed by atoms with van der Waals surface area (Å²) < 4.78 is 7.28. The summed E-state index contributed by atoms with van der Waals surface area (Å²) >= 11 is 0. The monoisotopic (exact) mass is 345 g/mol. The van der Waals surface area contributed by atoms with E-state index in [1.807, 2.05) is 61.8 Å². The van der Waals surface area contributed by atoms with Gasteiger partial charge in [0.05, 0.1) is 18.8 Å². The highest BCUT2D eigenvalue weighted by Crippen LogP contribution is 2.28. The van der Waals surface area contributed by atoms with Crippen LogP contribution in [0, 0.1) is 0 Å². The van der Waals surface area contributed by atoms with E-state index in [1.54, 1.807) is 13.3 Å². The average molecular weight is 345 g/mol. The first-order chi connectivity index (χ1) is 12.7. The van der Waals surface area contributed by atoms with Crippen LogP contribution in [0.5, 0.6) is 5.75 Å². The highest BCUT2D eigenvalue weighted by molar-refractivity contribution is 6.09. The van der Waals surface area contributed by atoms with Crippen LogP contribution in [-0.4, -0.2) is 22.6 Å². The van der Waals surface area contributed by atoms with Crippen LogP contribution in [-0.2, 0) is 13.6 Å². The molecule has 0 saturated carbocycles. The number of ether oxygens (including phenoxy) is 1. The molecular formula is C21H19N3O2. The molecule has 26 heavy (non-hydrogen) atoms. The minimum atomic E-state index is -0.0990. The number of aromatic nitrogens is 2. The smallest absolute Gasteiger partial charge is 0.251 e. The summed E-state index contributed by atoms with van der Waals surface area (Å²) in [5.74, 6) is 0.681. The zero-order valence-electron chi connectivity index (χ0n) is 14.7. The van der Waals surface area contributed by atoms with Crippen molar-refractivity contribution in [1.82, 2.24) is 14.9 Å². The van der Waals surface area contributed by atoms with Crippen molar-refractivity contribution >= 4 is 27.7 Å². The molecule has 0 unspecified atom stereocenters. The number of hydrogen-bond acceptors (Lipinski definition) is 3. The number of benzene rings is 2. The van der Waals surface area contributed by atoms with E-state index in [9.17, 15) is 4.79 Å². The predicted molar refractivity (Wildman–Crippen MR) is 102 cm³/mol. The van der Waals surface area contributed by atoms with Gasteiger partial charge in [-0.1, -0.05) is 18.2 Å². The predicted octanol–water partition coefficient (Wildman–Crippen LogP) is 3.67. The summed E-state index contributed by atoms with van der Waals surface area (Å²) in [4.78, 5) is 16.8. The van der Waals surface area contributed by atoms with Crippen LogP contribution in [0.1, 0.15) is 15.9 Å². The summed E-state index contributed by atoms with van der Waals surface area (Å²) in [7, 11) is 3.62. The number of amides is 1. The van der Waals surface area contributed by atoms with Gasteiger partial charge in [-0.25, -0.2) is 0 Å². The van der Waals surface area contributed by atoms with Crippen molar-refractivity contribution in [1.29, 1.82) is 0 Å². The molecule has 0 fully saturated rings. The number of hydrogen-bond donors (Lipinski definition) is 1. The standard InChI is InChI=1S/C21H19N3O2/c1-24-19-11-15(6-7-17(19)18-8-9-22-13-20(18)24)21(25)23-12-14-4-3-5-16(10-14)26-2/h3-11,13H,12H2,1-2H3,(H,23,25). The van der Waals surface area contributed by atoms with Gasteiger partial charge in [-0.3, -0.25) is 9.78 Å². The zero-order chi connectivity index (χ0) is 18.1. The Morgan fingerprint density at radius 2 is 1.96 bits per heavy atom. The van der Waals surface area contributed by atoms with E-state index in [2.05, 4.69) is 14.9 Å². The van der Waals surface area contributed by atoms with E-state index in [0.29, 0.717) is 12.1 Å². The van der Waals surface area contributed by atoms with Crippen LogP contribution in [0.4, 0.5) is 0 Å². The number of methoxy groups -OCH3 is 1. The van der Waals surface area contributed by atoms with Gasteiger partial charge in [-0.15, -0.1) is 0 Å². The van der Waals surface area contributed by atoms with Crippen LogP contribution >= 0.6 is 0 Å². The van der Waals surface area contributed by atoms with Gasteiger partial charge in [0.15, 0.2) is 0 Å². The van der Waals surface area contributed by atoms with Crippen molar-refractivity contribution in [3.05, 3.63) is 72.1 Å². The molecule has 4 rings (SSSR count). The molecule has 0 spiro atoms. The second kappa shape index (κ2) is 6.52. The highest BCUT2D eigenvalue weighted by atomic mass is 16.5. The van der Waals surface area contributed by atoms with Gasteiger partial charge in [0.25, 0.3) is 5.91 Å². The van der Waals surface area contributed by atoms with E-state index >= 15 is 0 Å². The topological polar surface area (TPSA) is 56.1 Å². The summed E-state index contributed by atoms with van der Waals surface area (Å²) in [6.07, 6.45) is 3.63. The van der Waals surface area contributed by atoms with Crippen molar-refractivity contribution in [2.75, 3.05) is 7.11 Å². The Kier molecular flexibility index (Phi) is 4.05. The minimum absolute atomic E-state index is 0.0990. The first-order valence-corrected chi connectivity index (χ1v) is 8.40. The van der Waals surface area contributed by atoms with Gasteiger partial charge in [-0.2, -0.15) is 0 Å². The molecule has 130 valence electrons. The molecule has 5 nitrogen and oxygen atoms in total. The van der Waals surface area contributed by atoms with Crippen LogP contribution < -0.4 is 10.1 Å². The maximum Gasteiger partial charge on any atom is 0.251 e. The van der Waals surface area contributed by atoms with Crippen molar-refractivity contribution in [3.8, 4) is 5.75 Å². The van der Waals surface area contributed by atoms with E-state index in [4.69, 9.17) is 4.74 Å². The molecule has 4 aromatic rings. The molecule has 2 aromatic heterocycles. The molecular weight excluding hydrogens is 326 g/mol. The number of pyridine rings is 1. The van der Waals surface area contributed by atoms with Crippen molar-refractivity contribution < 1.29 is 9.53 Å². The van der Waals surface area contributed by atoms with E-state index in [0.717, 1.165) is 33.1 Å². The molecule has 0 saturated heterocycles. The second-order valence-electron chi connectivity index (χ2n) is 6.22. The normalized spacial score (nSPS) is 11.0. The van der Waals surface area contributed by atoms with E-state index in [-0.39, 0.29) is 5.91 Å². The van der Waals surface area contributed by atoms with Gasteiger partial charge >= 0.3 is 0 Å². The lowest BCUT2D eigenvalue weighted by Gasteiger charge is -2.08. The molecule has 0 atom stereocenters. The molecule has 1 N–H and O–H groups in total. The first-order valence-electron chi connectivity index (χ1n) is 8.40. The SMILES string of the molecule is COc1cccc(CNC(=O)c2ccc3c4ccncc4n(C)c3c2)c1. The van der Waals surface area contributed by atoms with Crippen molar-refractivity contribution in [2.24, 2.45) is 7.05 Å². The number of nitrogens with one attached hydrogen (secondary N) is 1. The lowest BCUT2D eigenvalue weighted by molar-refractivity contribution is 0.0951. The van der Waals surface area contributed by atoms with Crippen LogP contribution in [0.3, 0.4) is 0 Å². The molecule has 1 amide bonds. The van der Waals surface area contributed by atoms with Gasteiger partial charge in [0.2, 0.25) is 0 Å². The Bertz CT molecular complexity index is 1110. The largest absolute Gasteiger partial charge is 0.497 e. The lowest BCUT2D eigenvalue weighted by Crippen LogP contribution is -2.22. The fraction of sp³-hybridized carbons (Fsp3) is 0.143. The quantitative estimate of drug-likeness (QED) is 0.614. The Morgan fingerprint density at radius 1 is 1.12 bits per heavy atom. The summed E-state index contributed by atoms with van der Waals surface area (Å²) in [6, 6.07) is 15.5. The third kappa shape index (κ3) is 2.77. The first kappa shape index (κ1) is 16.1. The molecule has 0 aliphatic heterocycles.